The zero-order valence-electron chi connectivity index (χ0n) is 17.3. The van der Waals surface area contributed by atoms with Crippen molar-refractivity contribution in [2.45, 2.75) is 43.7 Å². The number of hydrogen-bond acceptors (Lipinski definition) is 4. The predicted molar refractivity (Wildman–Crippen MR) is 119 cm³/mol. The van der Waals surface area contributed by atoms with Crippen molar-refractivity contribution < 1.29 is 13.2 Å². The summed E-state index contributed by atoms with van der Waals surface area (Å²) in [5.41, 5.74) is 1.38. The summed E-state index contributed by atoms with van der Waals surface area (Å²) in [5, 5.41) is 3.64. The number of amides is 1. The van der Waals surface area contributed by atoms with Crippen LogP contribution < -0.4 is 10.0 Å². The van der Waals surface area contributed by atoms with Crippen molar-refractivity contribution in [3.8, 4) is 0 Å². The highest BCUT2D eigenvalue weighted by Crippen LogP contribution is 2.27. The summed E-state index contributed by atoms with van der Waals surface area (Å²) in [7, 11) is -3.53. The summed E-state index contributed by atoms with van der Waals surface area (Å²) in [5.74, 6) is -0.252. The number of halogens is 1. The van der Waals surface area contributed by atoms with E-state index in [-0.39, 0.29) is 22.9 Å². The van der Waals surface area contributed by atoms with Gasteiger partial charge in [-0.25, -0.2) is 13.1 Å². The van der Waals surface area contributed by atoms with Gasteiger partial charge in [0.1, 0.15) is 0 Å². The first-order valence-corrected chi connectivity index (χ1v) is 12.1. The van der Waals surface area contributed by atoms with E-state index in [4.69, 9.17) is 11.6 Å². The summed E-state index contributed by atoms with van der Waals surface area (Å²) in [6.07, 6.45) is 1.75. The Morgan fingerprint density at radius 2 is 1.73 bits per heavy atom. The van der Waals surface area contributed by atoms with Gasteiger partial charge in [-0.15, -0.1) is 0 Å². The molecule has 3 rings (SSSR count). The molecule has 2 aromatic rings. The van der Waals surface area contributed by atoms with Crippen LogP contribution in [-0.4, -0.2) is 44.9 Å². The summed E-state index contributed by atoms with van der Waals surface area (Å²) in [4.78, 5) is 15.1. The van der Waals surface area contributed by atoms with Gasteiger partial charge in [-0.1, -0.05) is 43.6 Å². The minimum Gasteiger partial charge on any atom is -0.350 e. The SMILES string of the molecule is CCN(CC)C(CNC(=O)c1ccc(S(=O)(=O)NC2CC2)cc1)c1ccccc1Cl. The molecule has 1 saturated carbocycles. The normalized spacial score (nSPS) is 15.2. The third kappa shape index (κ3) is 5.60. The molecule has 1 amide bonds. The summed E-state index contributed by atoms with van der Waals surface area (Å²) >= 11 is 6.41. The van der Waals surface area contributed by atoms with E-state index in [1.54, 1.807) is 12.1 Å². The Balaban J connectivity index is 1.70. The maximum Gasteiger partial charge on any atom is 0.251 e. The van der Waals surface area contributed by atoms with Gasteiger partial charge >= 0.3 is 0 Å². The smallest absolute Gasteiger partial charge is 0.251 e. The average Bonchev–Trinajstić information content (AvgIpc) is 3.55. The van der Waals surface area contributed by atoms with Gasteiger partial charge in [0.05, 0.1) is 10.9 Å². The second-order valence-electron chi connectivity index (χ2n) is 7.39. The Kier molecular flexibility index (Phi) is 7.52. The number of nitrogens with one attached hydrogen (secondary N) is 2. The van der Waals surface area contributed by atoms with Crippen molar-refractivity contribution in [1.29, 1.82) is 0 Å². The molecule has 6 nitrogen and oxygen atoms in total. The number of likely N-dealkylation sites (N-methyl/N-ethyl adjacent to an activating group) is 1. The zero-order chi connectivity index (χ0) is 21.7. The minimum atomic E-state index is -3.53. The van der Waals surface area contributed by atoms with Crippen LogP contribution in [-0.2, 0) is 10.0 Å². The van der Waals surface area contributed by atoms with E-state index in [9.17, 15) is 13.2 Å². The van der Waals surface area contributed by atoms with Crippen LogP contribution in [0, 0.1) is 0 Å². The summed E-state index contributed by atoms with van der Waals surface area (Å²) in [6.45, 7) is 6.19. The van der Waals surface area contributed by atoms with Crippen molar-refractivity contribution in [2.24, 2.45) is 0 Å². The monoisotopic (exact) mass is 449 g/mol. The topological polar surface area (TPSA) is 78.5 Å². The van der Waals surface area contributed by atoms with Crippen molar-refractivity contribution in [2.75, 3.05) is 19.6 Å². The molecule has 1 unspecified atom stereocenters. The molecule has 0 radical (unpaired) electrons. The van der Waals surface area contributed by atoms with Crippen LogP contribution in [0.5, 0.6) is 0 Å². The summed E-state index contributed by atoms with van der Waals surface area (Å²) in [6, 6.07) is 13.7. The van der Waals surface area contributed by atoms with E-state index in [1.165, 1.54) is 12.1 Å². The van der Waals surface area contributed by atoms with Gasteiger partial charge in [0.25, 0.3) is 5.91 Å². The Labute approximate surface area is 183 Å². The van der Waals surface area contributed by atoms with Gasteiger partial charge in [-0.05, 0) is 61.8 Å². The first-order chi connectivity index (χ1) is 14.4. The summed E-state index contributed by atoms with van der Waals surface area (Å²) < 4.78 is 27.2. The number of carbonyl (C=O) groups is 1. The van der Waals surface area contributed by atoms with Crippen molar-refractivity contribution >= 4 is 27.5 Å². The highest BCUT2D eigenvalue weighted by atomic mass is 35.5. The average molecular weight is 450 g/mol. The van der Waals surface area contributed by atoms with Crippen molar-refractivity contribution in [3.63, 3.8) is 0 Å². The molecule has 0 spiro atoms. The molecule has 1 fully saturated rings. The van der Waals surface area contributed by atoms with E-state index in [0.717, 1.165) is 31.5 Å². The van der Waals surface area contributed by atoms with Crippen molar-refractivity contribution in [3.05, 3.63) is 64.7 Å². The molecule has 8 heteroatoms. The third-order valence-electron chi connectivity index (χ3n) is 5.30. The number of rotatable bonds is 10. The lowest BCUT2D eigenvalue weighted by atomic mass is 10.0. The lowest BCUT2D eigenvalue weighted by Gasteiger charge is -2.31. The van der Waals surface area contributed by atoms with Gasteiger partial charge in [0.15, 0.2) is 0 Å². The first-order valence-electron chi connectivity index (χ1n) is 10.2. The highest BCUT2D eigenvalue weighted by Gasteiger charge is 2.28. The molecule has 2 aromatic carbocycles. The number of benzene rings is 2. The van der Waals surface area contributed by atoms with Crippen LogP contribution in [0.2, 0.25) is 5.02 Å². The lowest BCUT2D eigenvalue weighted by Crippen LogP contribution is -2.38. The second kappa shape index (κ2) is 9.92. The standard InChI is InChI=1S/C22H28ClN3O3S/c1-3-26(4-2)21(19-7-5-6-8-20(19)23)15-24-22(27)16-9-13-18(14-10-16)30(28,29)25-17-11-12-17/h5-10,13-14,17,21,25H,3-4,11-12,15H2,1-2H3,(H,24,27). The molecule has 0 saturated heterocycles. The molecular formula is C22H28ClN3O3S. The predicted octanol–water partition coefficient (Wildman–Crippen LogP) is 3.59. The fourth-order valence-electron chi connectivity index (χ4n) is 3.41. The molecule has 0 bridgehead atoms. The first kappa shape index (κ1) is 22.7. The van der Waals surface area contributed by atoms with Crippen LogP contribution in [0.4, 0.5) is 0 Å². The minimum absolute atomic E-state index is 0.0415. The van der Waals surface area contributed by atoms with Gasteiger partial charge in [-0.3, -0.25) is 9.69 Å². The molecule has 1 aliphatic carbocycles. The van der Waals surface area contributed by atoms with Crippen LogP contribution in [0.1, 0.15) is 48.7 Å². The molecule has 0 heterocycles. The number of hydrogen-bond donors (Lipinski definition) is 2. The Morgan fingerprint density at radius 3 is 2.30 bits per heavy atom. The Morgan fingerprint density at radius 1 is 1.10 bits per heavy atom. The molecule has 0 aromatic heterocycles. The maximum absolute atomic E-state index is 12.7. The molecule has 2 N–H and O–H groups in total. The molecule has 1 aliphatic rings. The fourth-order valence-corrected chi connectivity index (χ4v) is 4.98. The maximum atomic E-state index is 12.7. The molecule has 30 heavy (non-hydrogen) atoms. The molecule has 1 atom stereocenters. The molecule has 0 aliphatic heterocycles. The lowest BCUT2D eigenvalue weighted by molar-refractivity contribution is 0.0935. The second-order valence-corrected chi connectivity index (χ2v) is 9.51. The van der Waals surface area contributed by atoms with E-state index in [0.29, 0.717) is 17.1 Å². The van der Waals surface area contributed by atoms with Crippen LogP contribution in [0.25, 0.3) is 0 Å². The van der Waals surface area contributed by atoms with E-state index in [2.05, 4.69) is 28.8 Å². The van der Waals surface area contributed by atoms with Gasteiger partial charge in [-0.2, -0.15) is 0 Å². The van der Waals surface area contributed by atoms with Gasteiger partial charge < -0.3 is 5.32 Å². The number of sulfonamides is 1. The zero-order valence-corrected chi connectivity index (χ0v) is 18.8. The van der Waals surface area contributed by atoms with E-state index >= 15 is 0 Å². The van der Waals surface area contributed by atoms with E-state index < -0.39 is 10.0 Å². The number of nitrogens with zero attached hydrogens (tertiary/aromatic N) is 1. The molecular weight excluding hydrogens is 422 g/mol. The largest absolute Gasteiger partial charge is 0.350 e. The van der Waals surface area contributed by atoms with Gasteiger partial charge in [0, 0.05) is 23.2 Å². The van der Waals surface area contributed by atoms with E-state index in [1.807, 2.05) is 24.3 Å². The fraction of sp³-hybridized carbons (Fsp3) is 0.409. The Bertz CT molecular complexity index is 971. The van der Waals surface area contributed by atoms with Gasteiger partial charge in [0.2, 0.25) is 10.0 Å². The van der Waals surface area contributed by atoms with Crippen LogP contribution in [0.15, 0.2) is 53.4 Å². The Hall–Kier alpha value is -1.93. The highest BCUT2D eigenvalue weighted by molar-refractivity contribution is 7.89. The third-order valence-corrected chi connectivity index (χ3v) is 7.18. The quantitative estimate of drug-likeness (QED) is 0.581. The van der Waals surface area contributed by atoms with Crippen LogP contribution in [0.3, 0.4) is 0 Å². The van der Waals surface area contributed by atoms with Crippen LogP contribution >= 0.6 is 11.6 Å². The van der Waals surface area contributed by atoms with Crippen molar-refractivity contribution in [1.82, 2.24) is 14.9 Å². The molecule has 162 valence electrons. The number of carbonyl (C=O) groups excluding carboxylic acids is 1.